The van der Waals surface area contributed by atoms with E-state index in [-0.39, 0.29) is 5.91 Å². The van der Waals surface area contributed by atoms with Crippen LogP contribution in [0.4, 0.5) is 0 Å². The van der Waals surface area contributed by atoms with Gasteiger partial charge in [-0.25, -0.2) is 0 Å². The van der Waals surface area contributed by atoms with Crippen LogP contribution >= 0.6 is 11.3 Å². The Morgan fingerprint density at radius 2 is 2.05 bits per heavy atom. The van der Waals surface area contributed by atoms with Crippen molar-refractivity contribution in [3.05, 3.63) is 45.9 Å². The molecule has 0 aromatic carbocycles. The Kier molecular flexibility index (Phi) is 5.20. The zero-order chi connectivity index (χ0) is 15.4. The number of hydrogen-bond acceptors (Lipinski definition) is 3. The fraction of sp³-hybridized carbons (Fsp3) is 0.438. The molecule has 114 valence electrons. The number of carbonyl (C=O) groups is 1. The molecule has 2 aromatic rings. The Morgan fingerprint density at radius 3 is 2.67 bits per heavy atom. The van der Waals surface area contributed by atoms with Gasteiger partial charge in [0.1, 0.15) is 5.69 Å². The lowest BCUT2D eigenvalue weighted by Gasteiger charge is -2.23. The molecule has 2 aromatic heterocycles. The molecule has 0 saturated heterocycles. The second-order valence-electron chi connectivity index (χ2n) is 5.64. The second kappa shape index (κ2) is 6.91. The molecular formula is C16H23N3OS. The van der Waals surface area contributed by atoms with Crippen molar-refractivity contribution in [2.75, 3.05) is 21.1 Å². The third-order valence-electron chi connectivity index (χ3n) is 3.63. The van der Waals surface area contributed by atoms with Gasteiger partial charge in [-0.05, 0) is 44.0 Å². The number of aromatic amines is 1. The monoisotopic (exact) mass is 305 g/mol. The molecule has 1 amide bonds. The van der Waals surface area contributed by atoms with Gasteiger partial charge in [0.15, 0.2) is 0 Å². The van der Waals surface area contributed by atoms with Crippen LogP contribution in [-0.2, 0) is 13.0 Å². The third-order valence-corrected chi connectivity index (χ3v) is 4.53. The second-order valence-corrected chi connectivity index (χ2v) is 6.68. The average Bonchev–Trinajstić information content (AvgIpc) is 3.09. The smallest absolute Gasteiger partial charge is 0.269 e. The number of nitrogens with one attached hydrogen (secondary N) is 1. The quantitative estimate of drug-likeness (QED) is 0.891. The van der Waals surface area contributed by atoms with Crippen LogP contribution in [0.1, 0.15) is 28.0 Å². The number of nitrogens with zero attached hydrogens (tertiary/aromatic N) is 2. The van der Waals surface area contributed by atoms with E-state index in [9.17, 15) is 4.79 Å². The number of carbonyl (C=O) groups excluding carboxylic acids is 1. The Labute approximate surface area is 130 Å². The predicted molar refractivity (Wildman–Crippen MR) is 87.8 cm³/mol. The molecular weight excluding hydrogens is 282 g/mol. The van der Waals surface area contributed by atoms with Gasteiger partial charge in [0.05, 0.1) is 0 Å². The molecule has 2 rings (SSSR count). The first-order valence-electron chi connectivity index (χ1n) is 7.09. The summed E-state index contributed by atoms with van der Waals surface area (Å²) < 4.78 is 0. The largest absolute Gasteiger partial charge is 0.353 e. The molecule has 0 unspecified atom stereocenters. The van der Waals surface area contributed by atoms with Crippen molar-refractivity contribution in [3.63, 3.8) is 0 Å². The summed E-state index contributed by atoms with van der Waals surface area (Å²) in [6.07, 6.45) is 1.05. The number of rotatable bonds is 6. The van der Waals surface area contributed by atoms with Crippen LogP contribution in [0.15, 0.2) is 29.6 Å². The zero-order valence-electron chi connectivity index (χ0n) is 13.1. The minimum Gasteiger partial charge on any atom is -0.353 e. The van der Waals surface area contributed by atoms with E-state index in [1.54, 1.807) is 30.3 Å². The first kappa shape index (κ1) is 15.8. The van der Waals surface area contributed by atoms with E-state index in [1.165, 1.54) is 4.88 Å². The number of aromatic nitrogens is 1. The SMILES string of the molecule is C[C@@H](Cc1cccs1)N(C)Cc1ccc(C(=O)N(C)C)[nH]1. The number of H-pyrrole nitrogens is 1. The fourth-order valence-corrected chi connectivity index (χ4v) is 3.02. The summed E-state index contributed by atoms with van der Waals surface area (Å²) >= 11 is 1.80. The molecule has 1 N–H and O–H groups in total. The van der Waals surface area contributed by atoms with Gasteiger partial charge in [0.25, 0.3) is 5.91 Å². The highest BCUT2D eigenvalue weighted by atomic mass is 32.1. The molecule has 21 heavy (non-hydrogen) atoms. The molecule has 0 radical (unpaired) electrons. The highest BCUT2D eigenvalue weighted by molar-refractivity contribution is 7.09. The summed E-state index contributed by atoms with van der Waals surface area (Å²) in [6.45, 7) is 3.04. The van der Waals surface area contributed by atoms with Crippen molar-refractivity contribution in [2.24, 2.45) is 0 Å². The van der Waals surface area contributed by atoms with Gasteiger partial charge in [0.2, 0.25) is 0 Å². The van der Waals surface area contributed by atoms with Gasteiger partial charge in [0, 0.05) is 37.3 Å². The van der Waals surface area contributed by atoms with Gasteiger partial charge in [-0.1, -0.05) is 6.07 Å². The predicted octanol–water partition coefficient (Wildman–Crippen LogP) is 2.84. The van der Waals surface area contributed by atoms with Crippen LogP contribution in [-0.4, -0.2) is 47.9 Å². The number of amides is 1. The lowest BCUT2D eigenvalue weighted by atomic mass is 10.2. The van der Waals surface area contributed by atoms with E-state index in [4.69, 9.17) is 0 Å². The van der Waals surface area contributed by atoms with E-state index >= 15 is 0 Å². The van der Waals surface area contributed by atoms with E-state index < -0.39 is 0 Å². The maximum Gasteiger partial charge on any atom is 0.269 e. The van der Waals surface area contributed by atoms with E-state index in [0.29, 0.717) is 11.7 Å². The van der Waals surface area contributed by atoms with Crippen molar-refractivity contribution in [1.82, 2.24) is 14.8 Å². The molecule has 0 bridgehead atoms. The van der Waals surface area contributed by atoms with Crippen molar-refractivity contribution >= 4 is 17.2 Å². The molecule has 0 fully saturated rings. The van der Waals surface area contributed by atoms with E-state index in [2.05, 4.69) is 41.4 Å². The van der Waals surface area contributed by atoms with Crippen LogP contribution in [0.2, 0.25) is 0 Å². The molecule has 4 nitrogen and oxygen atoms in total. The maximum absolute atomic E-state index is 11.9. The number of hydrogen-bond donors (Lipinski definition) is 1. The summed E-state index contributed by atoms with van der Waals surface area (Å²) in [6, 6.07) is 8.58. The Morgan fingerprint density at radius 1 is 1.29 bits per heavy atom. The molecule has 0 spiro atoms. The number of likely N-dealkylation sites (N-methyl/N-ethyl adjacent to an activating group) is 1. The van der Waals surface area contributed by atoms with Crippen molar-refractivity contribution in [1.29, 1.82) is 0 Å². The molecule has 1 atom stereocenters. The molecule has 5 heteroatoms. The lowest BCUT2D eigenvalue weighted by Crippen LogP contribution is -2.30. The normalized spacial score (nSPS) is 12.6. The summed E-state index contributed by atoms with van der Waals surface area (Å²) in [4.78, 5) is 20.4. The van der Waals surface area contributed by atoms with Crippen LogP contribution in [0.25, 0.3) is 0 Å². The Balaban J connectivity index is 1.93. The minimum absolute atomic E-state index is 0.00976. The highest BCUT2D eigenvalue weighted by Crippen LogP contribution is 2.15. The summed E-state index contributed by atoms with van der Waals surface area (Å²) in [5, 5.41) is 2.12. The number of thiophene rings is 1. The van der Waals surface area contributed by atoms with Crippen molar-refractivity contribution < 1.29 is 4.79 Å². The van der Waals surface area contributed by atoms with Gasteiger partial charge in [-0.2, -0.15) is 0 Å². The Bertz CT molecular complexity index is 574. The Hall–Kier alpha value is -1.59. The average molecular weight is 305 g/mol. The first-order valence-corrected chi connectivity index (χ1v) is 7.97. The highest BCUT2D eigenvalue weighted by Gasteiger charge is 2.14. The van der Waals surface area contributed by atoms with Gasteiger partial charge < -0.3 is 9.88 Å². The topological polar surface area (TPSA) is 39.3 Å². The van der Waals surface area contributed by atoms with E-state index in [1.807, 2.05) is 12.1 Å². The minimum atomic E-state index is 0.00976. The standard InChI is InChI=1S/C16H23N3OS/c1-12(10-14-6-5-9-21-14)19(4)11-13-7-8-15(17-13)16(20)18(2)3/h5-9,12,17H,10-11H2,1-4H3/t12-/m0/s1. The molecule has 0 saturated carbocycles. The van der Waals surface area contributed by atoms with E-state index in [0.717, 1.165) is 18.7 Å². The fourth-order valence-electron chi connectivity index (χ4n) is 2.20. The molecule has 0 aliphatic heterocycles. The zero-order valence-corrected chi connectivity index (χ0v) is 13.9. The summed E-state index contributed by atoms with van der Waals surface area (Å²) in [5.41, 5.74) is 1.72. The maximum atomic E-state index is 11.9. The lowest BCUT2D eigenvalue weighted by molar-refractivity contribution is 0.0822. The summed E-state index contributed by atoms with van der Waals surface area (Å²) in [5.74, 6) is 0.00976. The summed E-state index contributed by atoms with van der Waals surface area (Å²) in [7, 11) is 5.64. The van der Waals surface area contributed by atoms with Crippen LogP contribution in [0.3, 0.4) is 0 Å². The van der Waals surface area contributed by atoms with Gasteiger partial charge >= 0.3 is 0 Å². The molecule has 0 aliphatic carbocycles. The molecule has 2 heterocycles. The van der Waals surface area contributed by atoms with Gasteiger partial charge in [-0.3, -0.25) is 9.69 Å². The van der Waals surface area contributed by atoms with Gasteiger partial charge in [-0.15, -0.1) is 11.3 Å². The van der Waals surface area contributed by atoms with Crippen LogP contribution in [0.5, 0.6) is 0 Å². The first-order chi connectivity index (χ1) is 9.97. The third kappa shape index (κ3) is 4.19. The van der Waals surface area contributed by atoms with Crippen molar-refractivity contribution in [3.8, 4) is 0 Å². The molecule has 0 aliphatic rings. The van der Waals surface area contributed by atoms with Crippen LogP contribution in [0, 0.1) is 0 Å². The van der Waals surface area contributed by atoms with Crippen molar-refractivity contribution in [2.45, 2.75) is 25.9 Å². The van der Waals surface area contributed by atoms with Crippen LogP contribution < -0.4 is 0 Å².